The van der Waals surface area contributed by atoms with Gasteiger partial charge in [-0.05, 0) is 55.7 Å². The lowest BCUT2D eigenvalue weighted by molar-refractivity contribution is -0.121. The maximum Gasteiger partial charge on any atom is 0.226 e. The maximum atomic E-state index is 12.6. The van der Waals surface area contributed by atoms with Crippen molar-refractivity contribution < 1.29 is 9.53 Å². The van der Waals surface area contributed by atoms with E-state index >= 15 is 0 Å². The number of rotatable bonds is 9. The summed E-state index contributed by atoms with van der Waals surface area (Å²) in [5.41, 5.74) is 4.68. The molecule has 33 heavy (non-hydrogen) atoms. The van der Waals surface area contributed by atoms with Crippen LogP contribution in [0, 0.1) is 6.92 Å². The van der Waals surface area contributed by atoms with Gasteiger partial charge in [0, 0.05) is 18.2 Å². The van der Waals surface area contributed by atoms with E-state index in [9.17, 15) is 4.79 Å². The minimum Gasteiger partial charge on any atom is -0.438 e. The van der Waals surface area contributed by atoms with Gasteiger partial charge in [0.15, 0.2) is 0 Å². The number of benzene rings is 2. The Hall–Kier alpha value is -3.93. The molecule has 4 aromatic rings. The van der Waals surface area contributed by atoms with E-state index in [1.165, 1.54) is 0 Å². The molecule has 0 aliphatic rings. The summed E-state index contributed by atoms with van der Waals surface area (Å²) in [5, 5.41) is 7.80. The predicted octanol–water partition coefficient (Wildman–Crippen LogP) is 5.18. The van der Waals surface area contributed by atoms with Crippen molar-refractivity contribution in [3.05, 3.63) is 102 Å². The van der Waals surface area contributed by atoms with E-state index in [0.717, 1.165) is 40.4 Å². The lowest BCUT2D eigenvalue weighted by atomic mass is 10.1. The van der Waals surface area contributed by atoms with Crippen LogP contribution in [0.3, 0.4) is 0 Å². The molecule has 1 amide bonds. The monoisotopic (exact) mass is 440 g/mol. The number of nitrogens with zero attached hydrogens (tertiary/aromatic N) is 3. The van der Waals surface area contributed by atoms with E-state index in [2.05, 4.69) is 17.2 Å². The van der Waals surface area contributed by atoms with Crippen LogP contribution in [0.5, 0.6) is 11.6 Å². The SMILES string of the molecule is CCc1nn(-c2ccccc2)c(Oc2ccccc2C)c1CCC(=O)NCc1ccccn1. The van der Waals surface area contributed by atoms with Gasteiger partial charge in [-0.3, -0.25) is 9.78 Å². The highest BCUT2D eigenvalue weighted by molar-refractivity contribution is 5.76. The zero-order chi connectivity index (χ0) is 23.0. The van der Waals surface area contributed by atoms with E-state index in [-0.39, 0.29) is 5.91 Å². The summed E-state index contributed by atoms with van der Waals surface area (Å²) >= 11 is 0. The number of hydrogen-bond acceptors (Lipinski definition) is 4. The molecular weight excluding hydrogens is 412 g/mol. The molecule has 0 aliphatic carbocycles. The smallest absolute Gasteiger partial charge is 0.226 e. The van der Waals surface area contributed by atoms with E-state index in [0.29, 0.717) is 25.3 Å². The summed E-state index contributed by atoms with van der Waals surface area (Å²) in [6, 6.07) is 23.5. The van der Waals surface area contributed by atoms with Crippen molar-refractivity contribution in [2.24, 2.45) is 0 Å². The molecule has 0 saturated carbocycles. The molecule has 0 unspecified atom stereocenters. The van der Waals surface area contributed by atoms with Gasteiger partial charge in [0.25, 0.3) is 0 Å². The van der Waals surface area contributed by atoms with Crippen LogP contribution in [0.2, 0.25) is 0 Å². The molecule has 1 N–H and O–H groups in total. The zero-order valence-corrected chi connectivity index (χ0v) is 19.0. The van der Waals surface area contributed by atoms with Gasteiger partial charge in [0.05, 0.1) is 23.6 Å². The third kappa shape index (κ3) is 5.47. The van der Waals surface area contributed by atoms with Crippen LogP contribution in [-0.2, 0) is 24.2 Å². The highest BCUT2D eigenvalue weighted by Gasteiger charge is 2.21. The quantitative estimate of drug-likeness (QED) is 0.389. The Kier molecular flexibility index (Phi) is 7.15. The largest absolute Gasteiger partial charge is 0.438 e. The Morgan fingerprint density at radius 1 is 1.00 bits per heavy atom. The Bertz CT molecular complexity index is 1200. The molecule has 0 aliphatic heterocycles. The fourth-order valence-electron chi connectivity index (χ4n) is 3.66. The Balaban J connectivity index is 1.59. The molecular formula is C27H28N4O2. The standard InChI is InChI=1S/C27H28N4O2/c1-3-24-23(16-17-26(32)29-19-21-12-9-10-18-28-21)27(33-25-15-8-7-11-20(25)2)31(30-24)22-13-5-4-6-14-22/h4-15,18H,3,16-17,19H2,1-2H3,(H,29,32). The number of para-hydroxylation sites is 2. The number of amides is 1. The van der Waals surface area contributed by atoms with Gasteiger partial charge < -0.3 is 10.1 Å². The number of carbonyl (C=O) groups excluding carboxylic acids is 1. The number of aromatic nitrogens is 3. The summed E-state index contributed by atoms with van der Waals surface area (Å²) in [4.78, 5) is 16.8. The molecule has 0 bridgehead atoms. The lowest BCUT2D eigenvalue weighted by Crippen LogP contribution is -2.23. The molecule has 2 aromatic carbocycles. The second-order valence-corrected chi connectivity index (χ2v) is 7.80. The van der Waals surface area contributed by atoms with Crippen LogP contribution >= 0.6 is 0 Å². The van der Waals surface area contributed by atoms with Gasteiger partial charge in [-0.15, -0.1) is 0 Å². The molecule has 0 atom stereocenters. The van der Waals surface area contributed by atoms with Crippen LogP contribution in [0.1, 0.15) is 35.9 Å². The highest BCUT2D eigenvalue weighted by atomic mass is 16.5. The predicted molar refractivity (Wildman–Crippen MR) is 129 cm³/mol. The molecule has 0 radical (unpaired) electrons. The number of carbonyl (C=O) groups is 1. The average Bonchev–Trinajstić information content (AvgIpc) is 3.21. The van der Waals surface area contributed by atoms with Gasteiger partial charge in [0.1, 0.15) is 5.75 Å². The molecule has 0 fully saturated rings. The zero-order valence-electron chi connectivity index (χ0n) is 19.0. The van der Waals surface area contributed by atoms with Crippen molar-refractivity contribution in [1.29, 1.82) is 0 Å². The first-order valence-electron chi connectivity index (χ1n) is 11.2. The number of nitrogens with one attached hydrogen (secondary N) is 1. The number of aryl methyl sites for hydroxylation is 2. The normalized spacial score (nSPS) is 10.7. The van der Waals surface area contributed by atoms with Crippen molar-refractivity contribution >= 4 is 5.91 Å². The van der Waals surface area contributed by atoms with Gasteiger partial charge in [-0.25, -0.2) is 4.68 Å². The Morgan fingerprint density at radius 2 is 1.76 bits per heavy atom. The van der Waals surface area contributed by atoms with E-state index in [1.807, 2.05) is 84.4 Å². The van der Waals surface area contributed by atoms with Crippen LogP contribution in [0.15, 0.2) is 79.0 Å². The maximum absolute atomic E-state index is 12.6. The van der Waals surface area contributed by atoms with Crippen molar-refractivity contribution in [3.63, 3.8) is 0 Å². The Morgan fingerprint density at radius 3 is 2.48 bits per heavy atom. The fourth-order valence-corrected chi connectivity index (χ4v) is 3.66. The van der Waals surface area contributed by atoms with Crippen molar-refractivity contribution in [2.45, 2.75) is 39.7 Å². The molecule has 6 nitrogen and oxygen atoms in total. The van der Waals surface area contributed by atoms with Crippen LogP contribution < -0.4 is 10.1 Å². The summed E-state index contributed by atoms with van der Waals surface area (Å²) in [7, 11) is 0. The number of pyridine rings is 1. The number of ether oxygens (including phenoxy) is 1. The minimum absolute atomic E-state index is 0.0305. The molecule has 4 rings (SSSR count). The third-order valence-corrected chi connectivity index (χ3v) is 5.45. The summed E-state index contributed by atoms with van der Waals surface area (Å²) < 4.78 is 8.27. The van der Waals surface area contributed by atoms with E-state index in [1.54, 1.807) is 6.20 Å². The average molecular weight is 441 g/mol. The number of hydrogen-bond donors (Lipinski definition) is 1. The van der Waals surface area contributed by atoms with E-state index in [4.69, 9.17) is 9.84 Å². The van der Waals surface area contributed by atoms with E-state index < -0.39 is 0 Å². The van der Waals surface area contributed by atoms with Gasteiger partial charge in [-0.2, -0.15) is 5.10 Å². The minimum atomic E-state index is -0.0305. The molecule has 0 spiro atoms. The molecule has 2 aromatic heterocycles. The highest BCUT2D eigenvalue weighted by Crippen LogP contribution is 2.33. The van der Waals surface area contributed by atoms with Crippen molar-refractivity contribution in [3.8, 4) is 17.3 Å². The summed E-state index contributed by atoms with van der Waals surface area (Å²) in [5.74, 6) is 1.40. The van der Waals surface area contributed by atoms with Gasteiger partial charge >= 0.3 is 0 Å². The first kappa shape index (κ1) is 22.3. The lowest BCUT2D eigenvalue weighted by Gasteiger charge is -2.13. The third-order valence-electron chi connectivity index (χ3n) is 5.45. The summed E-state index contributed by atoms with van der Waals surface area (Å²) in [6.07, 6.45) is 3.34. The molecule has 2 heterocycles. The van der Waals surface area contributed by atoms with Crippen molar-refractivity contribution in [1.82, 2.24) is 20.1 Å². The fraction of sp³-hybridized carbons (Fsp3) is 0.222. The second kappa shape index (κ2) is 10.6. The molecule has 0 saturated heterocycles. The Labute approximate surface area is 194 Å². The molecule has 6 heteroatoms. The second-order valence-electron chi connectivity index (χ2n) is 7.80. The topological polar surface area (TPSA) is 69.0 Å². The van der Waals surface area contributed by atoms with Crippen molar-refractivity contribution in [2.75, 3.05) is 0 Å². The molecule has 168 valence electrons. The van der Waals surface area contributed by atoms with Gasteiger partial charge in [0.2, 0.25) is 11.8 Å². The first-order chi connectivity index (χ1) is 16.2. The van der Waals surface area contributed by atoms with Crippen LogP contribution in [0.4, 0.5) is 0 Å². The van der Waals surface area contributed by atoms with Gasteiger partial charge in [-0.1, -0.05) is 49.4 Å². The van der Waals surface area contributed by atoms with Crippen LogP contribution in [0.25, 0.3) is 5.69 Å². The first-order valence-corrected chi connectivity index (χ1v) is 11.2. The summed E-state index contributed by atoms with van der Waals surface area (Å²) in [6.45, 7) is 4.50. The van der Waals surface area contributed by atoms with Crippen LogP contribution in [-0.4, -0.2) is 20.7 Å².